The molecule has 2 N–H and O–H groups in total. The van der Waals surface area contributed by atoms with Gasteiger partial charge in [0.2, 0.25) is 11.8 Å². The number of hydrogen-bond donors (Lipinski definition) is 2. The van der Waals surface area contributed by atoms with Crippen molar-refractivity contribution in [2.24, 2.45) is 0 Å². The van der Waals surface area contributed by atoms with Gasteiger partial charge in [0.05, 0.1) is 23.8 Å². The highest BCUT2D eigenvalue weighted by Gasteiger charge is 2.34. The second-order valence-electron chi connectivity index (χ2n) is 5.95. The zero-order chi connectivity index (χ0) is 18.4. The molecule has 1 aromatic carbocycles. The third-order valence-electron chi connectivity index (χ3n) is 4.14. The molecule has 1 aliphatic heterocycles. The Hall–Kier alpha value is -1.80. The number of nitrogens with zero attached hydrogens (tertiary/aromatic N) is 1. The first-order valence-corrected chi connectivity index (χ1v) is 8.31. The van der Waals surface area contributed by atoms with E-state index >= 15 is 0 Å². The van der Waals surface area contributed by atoms with Crippen LogP contribution in [0, 0.1) is 0 Å². The summed E-state index contributed by atoms with van der Waals surface area (Å²) in [6.45, 7) is 2.52. The summed E-state index contributed by atoms with van der Waals surface area (Å²) in [6, 6.07) is 4.45. The van der Waals surface area contributed by atoms with Crippen molar-refractivity contribution >= 4 is 29.9 Å². The van der Waals surface area contributed by atoms with Gasteiger partial charge in [-0.05, 0) is 38.4 Å². The Bertz CT molecular complexity index is 620. The van der Waals surface area contributed by atoms with Crippen LogP contribution in [-0.2, 0) is 15.8 Å². The fourth-order valence-corrected chi connectivity index (χ4v) is 2.83. The Kier molecular flexibility index (Phi) is 8.36. The molecule has 1 aliphatic rings. The summed E-state index contributed by atoms with van der Waals surface area (Å²) in [5.74, 6) is -0.843. The maximum atomic E-state index is 13.0. The smallest absolute Gasteiger partial charge is 0.332 e. The molecule has 0 unspecified atom stereocenters. The minimum atomic E-state index is -4.56. The van der Waals surface area contributed by atoms with Crippen LogP contribution in [0.3, 0.4) is 0 Å². The molecule has 2 amide bonds. The van der Waals surface area contributed by atoms with Crippen molar-refractivity contribution < 1.29 is 22.8 Å². The highest BCUT2D eigenvalue weighted by atomic mass is 35.5. The molecular formula is C17H23ClF3N3O2. The molecule has 1 aromatic rings. The highest BCUT2D eigenvalue weighted by Crippen LogP contribution is 2.34. The van der Waals surface area contributed by atoms with E-state index in [1.165, 1.54) is 23.1 Å². The standard InChI is InChI=1S/C17H22F3N3O2.ClH/c1-2-23(16(25)14-9-5-6-10-21-14)11-15(24)22-13-8-4-3-7-12(13)17(18,19)20;/h3-4,7-8,14,21H,2,5-6,9-11H2,1H3,(H,22,24);1H/t14-;/m1./s1. The average molecular weight is 394 g/mol. The van der Waals surface area contributed by atoms with E-state index in [9.17, 15) is 22.8 Å². The van der Waals surface area contributed by atoms with Gasteiger partial charge in [-0.25, -0.2) is 0 Å². The molecule has 1 fully saturated rings. The summed E-state index contributed by atoms with van der Waals surface area (Å²) < 4.78 is 38.9. The topological polar surface area (TPSA) is 61.4 Å². The number of likely N-dealkylation sites (N-methyl/N-ethyl adjacent to an activating group) is 1. The monoisotopic (exact) mass is 393 g/mol. The van der Waals surface area contributed by atoms with Gasteiger partial charge in [0, 0.05) is 6.54 Å². The van der Waals surface area contributed by atoms with E-state index in [0.717, 1.165) is 25.5 Å². The number of para-hydroxylation sites is 1. The first-order valence-electron chi connectivity index (χ1n) is 8.31. The molecule has 0 spiro atoms. The number of carbonyl (C=O) groups excluding carboxylic acids is 2. The zero-order valence-corrected chi connectivity index (χ0v) is 15.3. The molecule has 0 aromatic heterocycles. The van der Waals surface area contributed by atoms with Crippen LogP contribution in [0.2, 0.25) is 0 Å². The Balaban J connectivity index is 0.00000338. The number of piperidine rings is 1. The molecule has 26 heavy (non-hydrogen) atoms. The van der Waals surface area contributed by atoms with Crippen molar-refractivity contribution in [3.05, 3.63) is 29.8 Å². The van der Waals surface area contributed by atoms with Crippen LogP contribution in [0.1, 0.15) is 31.7 Å². The Morgan fingerprint density at radius 2 is 1.96 bits per heavy atom. The Morgan fingerprint density at radius 3 is 2.54 bits per heavy atom. The molecule has 5 nitrogen and oxygen atoms in total. The molecule has 146 valence electrons. The van der Waals surface area contributed by atoms with Crippen LogP contribution in [0.15, 0.2) is 24.3 Å². The van der Waals surface area contributed by atoms with Crippen molar-refractivity contribution in [2.45, 2.75) is 38.4 Å². The molecule has 0 saturated carbocycles. The van der Waals surface area contributed by atoms with Crippen LogP contribution >= 0.6 is 12.4 Å². The van der Waals surface area contributed by atoms with Crippen molar-refractivity contribution in [2.75, 3.05) is 25.0 Å². The molecule has 2 rings (SSSR count). The minimum Gasteiger partial charge on any atom is -0.332 e. The third kappa shape index (κ3) is 5.88. The first kappa shape index (κ1) is 22.2. The summed E-state index contributed by atoms with van der Waals surface area (Å²) in [5, 5.41) is 5.38. The first-order chi connectivity index (χ1) is 11.8. The van der Waals surface area contributed by atoms with Crippen molar-refractivity contribution in [3.63, 3.8) is 0 Å². The van der Waals surface area contributed by atoms with E-state index in [1.54, 1.807) is 6.92 Å². The van der Waals surface area contributed by atoms with Gasteiger partial charge in [-0.3, -0.25) is 9.59 Å². The maximum Gasteiger partial charge on any atom is 0.418 e. The molecule has 0 aliphatic carbocycles. The number of amides is 2. The lowest BCUT2D eigenvalue weighted by Crippen LogP contribution is -2.50. The van der Waals surface area contributed by atoms with Crippen LogP contribution in [0.25, 0.3) is 0 Å². The van der Waals surface area contributed by atoms with Gasteiger partial charge >= 0.3 is 6.18 Å². The molecule has 0 bridgehead atoms. The van der Waals surface area contributed by atoms with Crippen molar-refractivity contribution in [1.82, 2.24) is 10.2 Å². The van der Waals surface area contributed by atoms with E-state index in [1.807, 2.05) is 0 Å². The van der Waals surface area contributed by atoms with E-state index < -0.39 is 17.6 Å². The fourth-order valence-electron chi connectivity index (χ4n) is 2.83. The van der Waals surface area contributed by atoms with Gasteiger partial charge in [-0.2, -0.15) is 13.2 Å². The van der Waals surface area contributed by atoms with Gasteiger partial charge in [-0.15, -0.1) is 12.4 Å². The van der Waals surface area contributed by atoms with Crippen LogP contribution < -0.4 is 10.6 Å². The number of halogens is 4. The number of rotatable bonds is 5. The van der Waals surface area contributed by atoms with Gasteiger partial charge in [0.25, 0.3) is 0 Å². The molecular weight excluding hydrogens is 371 g/mol. The largest absolute Gasteiger partial charge is 0.418 e. The summed E-state index contributed by atoms with van der Waals surface area (Å²) in [4.78, 5) is 26.0. The minimum absolute atomic E-state index is 0. The summed E-state index contributed by atoms with van der Waals surface area (Å²) in [7, 11) is 0. The molecule has 1 atom stereocenters. The molecule has 1 heterocycles. The predicted octanol–water partition coefficient (Wildman–Crippen LogP) is 3.06. The van der Waals surface area contributed by atoms with Gasteiger partial charge in [0.1, 0.15) is 0 Å². The Morgan fingerprint density at radius 1 is 1.27 bits per heavy atom. The van der Waals surface area contributed by atoms with Gasteiger partial charge < -0.3 is 15.5 Å². The summed E-state index contributed by atoms with van der Waals surface area (Å²) in [5.41, 5.74) is -1.22. The van der Waals surface area contributed by atoms with Crippen LogP contribution in [0.4, 0.5) is 18.9 Å². The van der Waals surface area contributed by atoms with E-state index in [-0.39, 0.29) is 36.6 Å². The lowest BCUT2D eigenvalue weighted by molar-refractivity contribution is -0.138. The average Bonchev–Trinajstić information content (AvgIpc) is 2.59. The number of benzene rings is 1. The molecule has 0 radical (unpaired) electrons. The van der Waals surface area contributed by atoms with Gasteiger partial charge in [-0.1, -0.05) is 18.6 Å². The van der Waals surface area contributed by atoms with E-state index in [2.05, 4.69) is 10.6 Å². The number of hydrogen-bond acceptors (Lipinski definition) is 3. The molecule has 1 saturated heterocycles. The van der Waals surface area contributed by atoms with E-state index in [0.29, 0.717) is 13.0 Å². The summed E-state index contributed by atoms with van der Waals surface area (Å²) >= 11 is 0. The second kappa shape index (κ2) is 9.78. The van der Waals surface area contributed by atoms with Crippen LogP contribution in [0.5, 0.6) is 0 Å². The van der Waals surface area contributed by atoms with Gasteiger partial charge in [0.15, 0.2) is 0 Å². The summed E-state index contributed by atoms with van der Waals surface area (Å²) in [6.07, 6.45) is -1.92. The lowest BCUT2D eigenvalue weighted by Gasteiger charge is -2.29. The SMILES string of the molecule is CCN(CC(=O)Nc1ccccc1C(F)(F)F)C(=O)[C@H]1CCCCN1.Cl. The number of carbonyl (C=O) groups is 2. The molecule has 9 heteroatoms. The third-order valence-corrected chi connectivity index (χ3v) is 4.14. The van der Waals surface area contributed by atoms with Crippen LogP contribution in [-0.4, -0.2) is 42.4 Å². The normalized spacial score (nSPS) is 17.2. The lowest BCUT2D eigenvalue weighted by atomic mass is 10.0. The zero-order valence-electron chi connectivity index (χ0n) is 14.4. The van der Waals surface area contributed by atoms with Crippen molar-refractivity contribution in [3.8, 4) is 0 Å². The number of nitrogens with one attached hydrogen (secondary N) is 2. The predicted molar refractivity (Wildman–Crippen MR) is 95.2 cm³/mol. The van der Waals surface area contributed by atoms with Crippen molar-refractivity contribution in [1.29, 1.82) is 0 Å². The number of alkyl halides is 3. The second-order valence-corrected chi connectivity index (χ2v) is 5.95. The Labute approximate surface area is 156 Å². The fraction of sp³-hybridized carbons (Fsp3) is 0.529. The van der Waals surface area contributed by atoms with E-state index in [4.69, 9.17) is 0 Å². The quantitative estimate of drug-likeness (QED) is 0.808. The number of anilines is 1. The maximum absolute atomic E-state index is 13.0. The highest BCUT2D eigenvalue weighted by molar-refractivity contribution is 5.96.